The van der Waals surface area contributed by atoms with Gasteiger partial charge in [-0.2, -0.15) is 0 Å². The minimum Gasteiger partial charge on any atom is -0.390 e. The summed E-state index contributed by atoms with van der Waals surface area (Å²) >= 11 is 0. The van der Waals surface area contributed by atoms with Crippen molar-refractivity contribution >= 4 is 0 Å². The lowest BCUT2D eigenvalue weighted by molar-refractivity contribution is -0.540. The molecule has 0 aromatic carbocycles. The van der Waals surface area contributed by atoms with Gasteiger partial charge >= 0.3 is 0 Å². The second kappa shape index (κ2) is 5.18. The molecular weight excluding hydrogens is 302 g/mol. The Balaban J connectivity index is 1.61. The van der Waals surface area contributed by atoms with Crippen LogP contribution in [0.4, 0.5) is 0 Å². The third-order valence-corrected chi connectivity index (χ3v) is 9.16. The zero-order chi connectivity index (χ0) is 17.3. The third-order valence-electron chi connectivity index (χ3n) is 9.16. The minimum atomic E-state index is -0.482. The van der Waals surface area contributed by atoms with Gasteiger partial charge < -0.3 is 5.11 Å². The molecule has 0 aromatic rings. The van der Waals surface area contributed by atoms with Crippen LogP contribution in [0.1, 0.15) is 78.6 Å². The van der Waals surface area contributed by atoms with E-state index in [-0.39, 0.29) is 16.4 Å². The monoisotopic (exact) mass is 335 g/mol. The van der Waals surface area contributed by atoms with Crippen molar-refractivity contribution < 1.29 is 10.0 Å². The first-order valence-electron chi connectivity index (χ1n) is 10.0. The van der Waals surface area contributed by atoms with E-state index in [0.717, 1.165) is 50.9 Å². The predicted molar refractivity (Wildman–Crippen MR) is 93.1 cm³/mol. The fraction of sp³-hybridized carbons (Fsp3) is 1.00. The number of hydrogen-bond acceptors (Lipinski definition) is 3. The van der Waals surface area contributed by atoms with Crippen molar-refractivity contribution in [1.82, 2.24) is 0 Å². The van der Waals surface area contributed by atoms with Crippen molar-refractivity contribution in [3.8, 4) is 0 Å². The van der Waals surface area contributed by atoms with Crippen LogP contribution < -0.4 is 0 Å². The van der Waals surface area contributed by atoms with Gasteiger partial charge in [0.15, 0.2) is 0 Å². The zero-order valence-electron chi connectivity index (χ0n) is 15.5. The minimum absolute atomic E-state index is 0.0193. The van der Waals surface area contributed by atoms with Gasteiger partial charge in [-0.15, -0.1) is 0 Å². The maximum absolute atomic E-state index is 11.6. The van der Waals surface area contributed by atoms with Crippen LogP contribution in [0, 0.1) is 44.6 Å². The first-order valence-corrected chi connectivity index (χ1v) is 10.0. The Morgan fingerprint density at radius 2 is 1.62 bits per heavy atom. The fourth-order valence-corrected chi connectivity index (χ4v) is 7.75. The molecule has 0 aromatic heterocycles. The highest BCUT2D eigenvalue weighted by molar-refractivity contribution is 5.10. The molecule has 4 aliphatic carbocycles. The van der Waals surface area contributed by atoms with Gasteiger partial charge in [0, 0.05) is 16.8 Å². The molecule has 0 heterocycles. The molecule has 4 fully saturated rings. The maximum Gasteiger partial charge on any atom is 0.218 e. The highest BCUT2D eigenvalue weighted by atomic mass is 16.6. The van der Waals surface area contributed by atoms with Crippen molar-refractivity contribution in [2.24, 2.45) is 34.5 Å². The summed E-state index contributed by atoms with van der Waals surface area (Å²) in [6.07, 6.45) is 9.48. The van der Waals surface area contributed by atoms with Crippen molar-refractivity contribution in [3.05, 3.63) is 10.1 Å². The lowest BCUT2D eigenvalue weighted by Crippen LogP contribution is -2.56. The van der Waals surface area contributed by atoms with Gasteiger partial charge in [0.1, 0.15) is 0 Å². The van der Waals surface area contributed by atoms with Gasteiger partial charge in [-0.05, 0) is 87.4 Å². The van der Waals surface area contributed by atoms with E-state index in [0.29, 0.717) is 23.2 Å². The molecule has 0 unspecified atom stereocenters. The third kappa shape index (κ3) is 2.21. The predicted octanol–water partition coefficient (Wildman–Crippen LogP) is 4.43. The average Bonchev–Trinajstić information content (AvgIpc) is 2.85. The SMILES string of the molecule is C[C@@]1(O)CC[C@@]2(C)[C@@H](CC[C@@H]3[C@@H]2CC[C@]2(C)[C@@H]([N+](=O)[O-])CC[C@@H]32)C1. The van der Waals surface area contributed by atoms with Gasteiger partial charge in [0.25, 0.3) is 0 Å². The smallest absolute Gasteiger partial charge is 0.218 e. The molecule has 4 aliphatic rings. The lowest BCUT2D eigenvalue weighted by Gasteiger charge is -2.61. The normalized spacial score (nSPS) is 56.9. The van der Waals surface area contributed by atoms with Gasteiger partial charge in [-0.3, -0.25) is 10.1 Å². The van der Waals surface area contributed by atoms with E-state index in [4.69, 9.17) is 0 Å². The van der Waals surface area contributed by atoms with Crippen molar-refractivity contribution in [2.75, 3.05) is 0 Å². The molecule has 0 aliphatic heterocycles. The van der Waals surface area contributed by atoms with Gasteiger partial charge in [-0.1, -0.05) is 13.8 Å². The zero-order valence-corrected chi connectivity index (χ0v) is 15.5. The lowest BCUT2D eigenvalue weighted by atomic mass is 9.44. The van der Waals surface area contributed by atoms with E-state index in [1.807, 2.05) is 6.92 Å². The Morgan fingerprint density at radius 3 is 2.33 bits per heavy atom. The van der Waals surface area contributed by atoms with Gasteiger partial charge in [-0.25, -0.2) is 0 Å². The molecule has 0 amide bonds. The fourth-order valence-electron chi connectivity index (χ4n) is 7.75. The molecule has 24 heavy (non-hydrogen) atoms. The molecule has 0 radical (unpaired) electrons. The van der Waals surface area contributed by atoms with Crippen molar-refractivity contribution in [3.63, 3.8) is 0 Å². The van der Waals surface area contributed by atoms with E-state index in [9.17, 15) is 15.2 Å². The Hall–Kier alpha value is -0.640. The molecule has 8 atom stereocenters. The molecule has 4 heteroatoms. The number of nitrogens with zero attached hydrogens (tertiary/aromatic N) is 1. The molecule has 4 nitrogen and oxygen atoms in total. The summed E-state index contributed by atoms with van der Waals surface area (Å²) in [5.41, 5.74) is -0.211. The maximum atomic E-state index is 11.6. The highest BCUT2D eigenvalue weighted by Gasteiger charge is 2.63. The molecule has 0 bridgehead atoms. The van der Waals surface area contributed by atoms with Crippen LogP contribution in [0.25, 0.3) is 0 Å². The summed E-state index contributed by atoms with van der Waals surface area (Å²) in [7, 11) is 0. The summed E-state index contributed by atoms with van der Waals surface area (Å²) in [4.78, 5) is 11.6. The van der Waals surface area contributed by atoms with Crippen LogP contribution >= 0.6 is 0 Å². The Morgan fingerprint density at radius 1 is 0.917 bits per heavy atom. The molecule has 0 spiro atoms. The molecule has 0 saturated heterocycles. The number of nitro groups is 1. The van der Waals surface area contributed by atoms with Crippen LogP contribution in [0.2, 0.25) is 0 Å². The summed E-state index contributed by atoms with van der Waals surface area (Å²) in [5, 5.41) is 22.1. The quantitative estimate of drug-likeness (QED) is 0.569. The molecule has 1 N–H and O–H groups in total. The van der Waals surface area contributed by atoms with Crippen LogP contribution in [-0.2, 0) is 0 Å². The van der Waals surface area contributed by atoms with Crippen LogP contribution in [0.5, 0.6) is 0 Å². The first-order chi connectivity index (χ1) is 11.2. The molecule has 4 rings (SSSR count). The summed E-state index contributed by atoms with van der Waals surface area (Å²) in [6.45, 7) is 6.70. The van der Waals surface area contributed by atoms with E-state index < -0.39 is 5.60 Å². The van der Waals surface area contributed by atoms with Gasteiger partial charge in [0.05, 0.1) is 5.60 Å². The standard InChI is InChI=1S/C20H33NO3/c1-18(22)10-11-19(2)13(12-18)4-5-14-15-6-7-17(21(23)24)20(15,3)9-8-16(14)19/h13-17,22H,4-12H2,1-3H3/t13-,14-,15-,16-,17-,18+,19-,20-/m0/s1. The largest absolute Gasteiger partial charge is 0.390 e. The van der Waals surface area contributed by atoms with Crippen LogP contribution in [0.15, 0.2) is 0 Å². The second-order valence-corrected chi connectivity index (χ2v) is 10.3. The van der Waals surface area contributed by atoms with E-state index >= 15 is 0 Å². The van der Waals surface area contributed by atoms with E-state index in [1.54, 1.807) is 0 Å². The summed E-state index contributed by atoms with van der Waals surface area (Å²) in [6, 6.07) is -0.318. The molecule has 136 valence electrons. The molecule has 4 saturated carbocycles. The highest BCUT2D eigenvalue weighted by Crippen LogP contribution is 2.67. The summed E-state index contributed by atoms with van der Waals surface area (Å²) in [5.74, 6) is 2.58. The van der Waals surface area contributed by atoms with E-state index in [1.165, 1.54) is 12.8 Å². The average molecular weight is 335 g/mol. The Kier molecular flexibility index (Phi) is 3.63. The van der Waals surface area contributed by atoms with Crippen LogP contribution in [-0.4, -0.2) is 21.7 Å². The Bertz CT molecular complexity index is 547. The number of hydrogen-bond donors (Lipinski definition) is 1. The number of aliphatic hydroxyl groups is 1. The number of fused-ring (bicyclic) bond motifs is 5. The van der Waals surface area contributed by atoms with Gasteiger partial charge in [0.2, 0.25) is 6.04 Å². The topological polar surface area (TPSA) is 63.4 Å². The first kappa shape index (κ1) is 16.8. The second-order valence-electron chi connectivity index (χ2n) is 10.3. The van der Waals surface area contributed by atoms with Crippen molar-refractivity contribution in [2.45, 2.75) is 90.2 Å². The molecular formula is C20H33NO3. The van der Waals surface area contributed by atoms with E-state index in [2.05, 4.69) is 13.8 Å². The summed E-state index contributed by atoms with van der Waals surface area (Å²) < 4.78 is 0. The Labute approximate surface area is 145 Å². The van der Waals surface area contributed by atoms with Crippen molar-refractivity contribution in [1.29, 1.82) is 0 Å². The number of rotatable bonds is 1. The van der Waals surface area contributed by atoms with Crippen LogP contribution in [0.3, 0.4) is 0 Å².